The van der Waals surface area contributed by atoms with E-state index in [0.717, 1.165) is 22.3 Å². The quantitative estimate of drug-likeness (QED) is 0.492. The molecule has 0 unspecified atom stereocenters. The molecule has 0 saturated carbocycles. The zero-order valence-corrected chi connectivity index (χ0v) is 15.5. The van der Waals surface area contributed by atoms with E-state index >= 15 is 0 Å². The predicted octanol–water partition coefficient (Wildman–Crippen LogP) is 4.48. The van der Waals surface area contributed by atoms with Crippen LogP contribution in [0.15, 0.2) is 73.2 Å². The fourth-order valence-corrected chi connectivity index (χ4v) is 3.25. The number of benzene rings is 2. The maximum atomic E-state index is 10.1. The summed E-state index contributed by atoms with van der Waals surface area (Å²) >= 11 is 0. The van der Waals surface area contributed by atoms with E-state index in [0.29, 0.717) is 16.7 Å². The molecule has 7 heteroatoms. The van der Waals surface area contributed by atoms with Crippen LogP contribution >= 0.6 is 0 Å². The molecule has 0 bridgehead atoms. The summed E-state index contributed by atoms with van der Waals surface area (Å²) in [5, 5.41) is 11.6. The predicted molar refractivity (Wildman–Crippen MR) is 109 cm³/mol. The molecule has 0 atom stereocenters. The molecule has 0 amide bonds. The first-order valence-corrected chi connectivity index (χ1v) is 8.95. The number of pyridine rings is 1. The molecule has 0 radical (unpaired) electrons. The number of nitrogens with zero attached hydrogens (tertiary/aromatic N) is 4. The van der Waals surface area contributed by atoms with E-state index in [4.69, 9.17) is 9.47 Å². The van der Waals surface area contributed by atoms with Crippen molar-refractivity contribution in [1.82, 2.24) is 19.5 Å². The van der Waals surface area contributed by atoms with Crippen LogP contribution in [-0.4, -0.2) is 31.7 Å². The number of rotatable bonds is 4. The van der Waals surface area contributed by atoms with Crippen LogP contribution in [0.25, 0.3) is 27.5 Å². The summed E-state index contributed by atoms with van der Waals surface area (Å²) in [6.07, 6.45) is 5.13. The van der Waals surface area contributed by atoms with Crippen LogP contribution in [-0.2, 0) is 0 Å². The van der Waals surface area contributed by atoms with Gasteiger partial charge in [0.1, 0.15) is 11.5 Å². The molecule has 5 rings (SSSR count). The molecule has 0 aliphatic heterocycles. The van der Waals surface area contributed by atoms with Gasteiger partial charge in [-0.3, -0.25) is 4.98 Å². The number of hydrogen-bond donors (Lipinski definition) is 1. The summed E-state index contributed by atoms with van der Waals surface area (Å²) in [6.45, 7) is 0. The van der Waals surface area contributed by atoms with E-state index in [1.54, 1.807) is 25.6 Å². The zero-order chi connectivity index (χ0) is 19.8. The largest absolute Gasteiger partial charge is 0.497 e. The molecule has 7 nitrogen and oxygen atoms in total. The molecule has 1 N–H and O–H groups in total. The van der Waals surface area contributed by atoms with E-state index in [2.05, 4.69) is 19.5 Å². The Hall–Kier alpha value is -4.13. The first-order valence-electron chi connectivity index (χ1n) is 8.95. The third kappa shape index (κ3) is 3.08. The second-order valence-corrected chi connectivity index (χ2v) is 6.43. The lowest BCUT2D eigenvalue weighted by atomic mass is 10.2. The monoisotopic (exact) mass is 384 g/mol. The highest BCUT2D eigenvalue weighted by molar-refractivity contribution is 5.84. The molecule has 0 fully saturated rings. The lowest BCUT2D eigenvalue weighted by Crippen LogP contribution is -1.94. The molecular weight excluding hydrogens is 368 g/mol. The Morgan fingerprint density at radius 2 is 1.76 bits per heavy atom. The number of hydrogen-bond acceptors (Lipinski definition) is 6. The van der Waals surface area contributed by atoms with Crippen LogP contribution < -0.4 is 9.47 Å². The average Bonchev–Trinajstić information content (AvgIpc) is 3.17. The van der Waals surface area contributed by atoms with E-state index in [-0.39, 0.29) is 11.9 Å². The second-order valence-electron chi connectivity index (χ2n) is 6.43. The van der Waals surface area contributed by atoms with E-state index < -0.39 is 0 Å². The van der Waals surface area contributed by atoms with Gasteiger partial charge >= 0.3 is 6.01 Å². The van der Waals surface area contributed by atoms with Crippen molar-refractivity contribution in [2.24, 2.45) is 0 Å². The highest BCUT2D eigenvalue weighted by atomic mass is 16.5. The molecule has 0 saturated heterocycles. The Balaban J connectivity index is 1.48. The van der Waals surface area contributed by atoms with E-state index in [9.17, 15) is 5.11 Å². The summed E-state index contributed by atoms with van der Waals surface area (Å²) in [6, 6.07) is 17.3. The molecule has 0 aliphatic rings. The van der Waals surface area contributed by atoms with Crippen molar-refractivity contribution < 1.29 is 14.6 Å². The van der Waals surface area contributed by atoms with Gasteiger partial charge in [0.2, 0.25) is 5.88 Å². The fraction of sp³-hybridized carbons (Fsp3) is 0.0455. The van der Waals surface area contributed by atoms with Crippen molar-refractivity contribution in [3.63, 3.8) is 0 Å². The van der Waals surface area contributed by atoms with Gasteiger partial charge in [0.15, 0.2) is 0 Å². The minimum absolute atomic E-state index is 0.0666. The molecule has 2 aromatic carbocycles. The second kappa shape index (κ2) is 6.79. The lowest BCUT2D eigenvalue weighted by Gasteiger charge is -2.08. The van der Waals surface area contributed by atoms with E-state index in [1.165, 1.54) is 0 Å². The highest BCUT2D eigenvalue weighted by Crippen LogP contribution is 2.29. The summed E-state index contributed by atoms with van der Waals surface area (Å²) in [5.74, 6) is 1.25. The first-order chi connectivity index (χ1) is 14.2. The molecular formula is C22H16N4O3. The smallest absolute Gasteiger partial charge is 0.325 e. The maximum Gasteiger partial charge on any atom is 0.325 e. The van der Waals surface area contributed by atoms with Crippen molar-refractivity contribution in [3.05, 3.63) is 73.2 Å². The highest BCUT2D eigenvalue weighted by Gasteiger charge is 2.10. The summed E-state index contributed by atoms with van der Waals surface area (Å²) in [7, 11) is 1.65. The van der Waals surface area contributed by atoms with Crippen LogP contribution in [0.4, 0.5) is 0 Å². The Morgan fingerprint density at radius 3 is 2.59 bits per heavy atom. The van der Waals surface area contributed by atoms with Crippen molar-refractivity contribution in [2.75, 3.05) is 7.11 Å². The van der Waals surface area contributed by atoms with Crippen molar-refractivity contribution in [1.29, 1.82) is 0 Å². The standard InChI is InChI=1S/C22H16N4O3/c1-28-16-4-2-15(3-5-16)26-11-9-14-12-17(6-7-20(14)26)29-22-24-19-13-23-10-8-18(19)21(27)25-22/h2-13H,1H3,(H,24,25,27). The first kappa shape index (κ1) is 17.0. The van der Waals surface area contributed by atoms with Crippen LogP contribution in [0.1, 0.15) is 0 Å². The van der Waals surface area contributed by atoms with Gasteiger partial charge in [-0.05, 0) is 54.6 Å². The lowest BCUT2D eigenvalue weighted by molar-refractivity contribution is 0.412. The Bertz CT molecular complexity index is 1330. The molecule has 5 aromatic rings. The SMILES string of the molecule is COc1ccc(-n2ccc3cc(Oc4nc(O)c5ccncc5n4)ccc32)cc1. The van der Waals surface area contributed by atoms with Gasteiger partial charge in [0.05, 0.1) is 29.7 Å². The number of aromatic nitrogens is 4. The molecule has 142 valence electrons. The normalized spacial score (nSPS) is 11.1. The Morgan fingerprint density at radius 1 is 0.931 bits per heavy atom. The number of methoxy groups -OCH3 is 1. The van der Waals surface area contributed by atoms with Gasteiger partial charge in [-0.2, -0.15) is 9.97 Å². The van der Waals surface area contributed by atoms with Crippen molar-refractivity contribution >= 4 is 21.8 Å². The minimum Gasteiger partial charge on any atom is -0.497 e. The van der Waals surface area contributed by atoms with E-state index in [1.807, 2.05) is 54.7 Å². The third-order valence-electron chi connectivity index (χ3n) is 4.68. The molecule has 0 spiro atoms. The van der Waals surface area contributed by atoms with Crippen molar-refractivity contribution in [3.8, 4) is 29.1 Å². The van der Waals surface area contributed by atoms with Crippen LogP contribution in [0.3, 0.4) is 0 Å². The van der Waals surface area contributed by atoms with Gasteiger partial charge in [0, 0.05) is 23.5 Å². The number of fused-ring (bicyclic) bond motifs is 2. The maximum absolute atomic E-state index is 10.1. The molecule has 3 heterocycles. The van der Waals surface area contributed by atoms with Gasteiger partial charge in [0.25, 0.3) is 0 Å². The summed E-state index contributed by atoms with van der Waals surface area (Å²) in [5.41, 5.74) is 2.58. The fourth-order valence-electron chi connectivity index (χ4n) is 3.25. The third-order valence-corrected chi connectivity index (χ3v) is 4.68. The van der Waals surface area contributed by atoms with Crippen LogP contribution in [0.2, 0.25) is 0 Å². The van der Waals surface area contributed by atoms with Gasteiger partial charge in [-0.1, -0.05) is 0 Å². The van der Waals surface area contributed by atoms with Gasteiger partial charge in [-0.15, -0.1) is 0 Å². The number of ether oxygens (including phenoxy) is 2. The van der Waals surface area contributed by atoms with Crippen LogP contribution in [0, 0.1) is 0 Å². The summed E-state index contributed by atoms with van der Waals surface area (Å²) < 4.78 is 13.1. The summed E-state index contributed by atoms with van der Waals surface area (Å²) in [4.78, 5) is 12.3. The minimum atomic E-state index is -0.140. The van der Waals surface area contributed by atoms with Crippen molar-refractivity contribution in [2.45, 2.75) is 0 Å². The molecule has 0 aliphatic carbocycles. The topological polar surface area (TPSA) is 82.3 Å². The zero-order valence-electron chi connectivity index (χ0n) is 15.5. The average molecular weight is 384 g/mol. The Labute approximate surface area is 165 Å². The van der Waals surface area contributed by atoms with Gasteiger partial charge < -0.3 is 19.1 Å². The van der Waals surface area contributed by atoms with Crippen LogP contribution in [0.5, 0.6) is 23.4 Å². The molecule has 3 aromatic heterocycles. The Kier molecular flexibility index (Phi) is 3.98. The molecule has 29 heavy (non-hydrogen) atoms. The van der Waals surface area contributed by atoms with Gasteiger partial charge in [-0.25, -0.2) is 0 Å². The number of aromatic hydroxyl groups is 1.